The number of rotatable bonds is 7. The number of non-ortho nitro benzene ring substituents is 1. The van der Waals surface area contributed by atoms with E-state index in [0.29, 0.717) is 6.54 Å². The number of hydrazine groups is 1. The molecule has 21 heavy (non-hydrogen) atoms. The maximum Gasteiger partial charge on any atom is 0.270 e. The van der Waals surface area contributed by atoms with Crippen LogP contribution >= 0.6 is 0 Å². The van der Waals surface area contributed by atoms with Crippen LogP contribution in [0.5, 0.6) is 0 Å². The summed E-state index contributed by atoms with van der Waals surface area (Å²) in [5.41, 5.74) is 2.05. The molecule has 1 aromatic rings. The van der Waals surface area contributed by atoms with Gasteiger partial charge in [-0.3, -0.25) is 16.0 Å². The average molecular weight is 317 g/mol. The van der Waals surface area contributed by atoms with Crippen molar-refractivity contribution < 1.29 is 13.3 Å². The summed E-state index contributed by atoms with van der Waals surface area (Å²) in [6, 6.07) is 3.45. The van der Waals surface area contributed by atoms with E-state index in [9.17, 15) is 18.5 Å². The predicted molar refractivity (Wildman–Crippen MR) is 79.3 cm³/mol. The summed E-state index contributed by atoms with van der Waals surface area (Å²) >= 11 is 0. The van der Waals surface area contributed by atoms with Crippen molar-refractivity contribution in [3.8, 4) is 0 Å². The van der Waals surface area contributed by atoms with Crippen molar-refractivity contribution in [3.05, 3.63) is 28.3 Å². The van der Waals surface area contributed by atoms with Gasteiger partial charge < -0.3 is 10.3 Å². The average Bonchev–Trinajstić information content (AvgIpc) is 2.43. The molecule has 9 nitrogen and oxygen atoms in total. The summed E-state index contributed by atoms with van der Waals surface area (Å²) in [6.45, 7) is 0.776. The SMILES string of the molecule is CN(C)CCN(C)S(=O)(=O)c1cc([N+](=O)[O-])ccc1NN. The number of benzene rings is 1. The number of hydrogen-bond acceptors (Lipinski definition) is 7. The number of nitro groups is 1. The number of anilines is 1. The first-order valence-electron chi connectivity index (χ1n) is 6.06. The van der Waals surface area contributed by atoms with E-state index in [1.807, 2.05) is 19.0 Å². The highest BCUT2D eigenvalue weighted by Gasteiger charge is 2.26. The van der Waals surface area contributed by atoms with Gasteiger partial charge in [-0.25, -0.2) is 8.42 Å². The van der Waals surface area contributed by atoms with Gasteiger partial charge in [0.25, 0.3) is 5.69 Å². The summed E-state index contributed by atoms with van der Waals surface area (Å²) in [5.74, 6) is 5.28. The van der Waals surface area contributed by atoms with Crippen LogP contribution in [0.15, 0.2) is 23.1 Å². The molecule has 0 saturated heterocycles. The molecule has 10 heteroatoms. The summed E-state index contributed by atoms with van der Waals surface area (Å²) < 4.78 is 26.1. The van der Waals surface area contributed by atoms with Crippen molar-refractivity contribution in [1.29, 1.82) is 0 Å². The highest BCUT2D eigenvalue weighted by molar-refractivity contribution is 7.89. The van der Waals surface area contributed by atoms with E-state index in [-0.39, 0.29) is 22.8 Å². The number of nitrogen functional groups attached to an aromatic ring is 1. The molecule has 0 aliphatic heterocycles. The Hall–Kier alpha value is -1.75. The van der Waals surface area contributed by atoms with Crippen LogP contribution in [0.1, 0.15) is 0 Å². The quantitative estimate of drug-likeness (QED) is 0.414. The number of nitrogens with zero attached hydrogens (tertiary/aromatic N) is 3. The van der Waals surface area contributed by atoms with Gasteiger partial charge in [0.2, 0.25) is 10.0 Å². The van der Waals surface area contributed by atoms with E-state index < -0.39 is 14.9 Å². The third-order valence-corrected chi connectivity index (χ3v) is 4.78. The lowest BCUT2D eigenvalue weighted by Crippen LogP contribution is -2.34. The predicted octanol–water partition coefficient (Wildman–Crippen LogP) is 0.0625. The van der Waals surface area contributed by atoms with Crippen molar-refractivity contribution in [2.75, 3.05) is 39.7 Å². The minimum atomic E-state index is -3.87. The first-order valence-corrected chi connectivity index (χ1v) is 7.50. The van der Waals surface area contributed by atoms with Crippen LogP contribution in [0.2, 0.25) is 0 Å². The second kappa shape index (κ2) is 6.80. The van der Waals surface area contributed by atoms with E-state index in [1.165, 1.54) is 19.2 Å². The Balaban J connectivity index is 3.22. The Morgan fingerprint density at radius 3 is 2.38 bits per heavy atom. The number of hydrogen-bond donors (Lipinski definition) is 2. The lowest BCUT2D eigenvalue weighted by molar-refractivity contribution is -0.385. The van der Waals surface area contributed by atoms with Gasteiger partial charge in [0.1, 0.15) is 4.90 Å². The smallest absolute Gasteiger partial charge is 0.270 e. The molecule has 0 aliphatic carbocycles. The van der Waals surface area contributed by atoms with Crippen molar-refractivity contribution in [2.45, 2.75) is 4.90 Å². The van der Waals surface area contributed by atoms with Crippen LogP contribution in [0, 0.1) is 10.1 Å². The van der Waals surface area contributed by atoms with E-state index in [4.69, 9.17) is 5.84 Å². The van der Waals surface area contributed by atoms with Crippen LogP contribution in [-0.2, 0) is 10.0 Å². The molecular formula is C11H19N5O4S. The summed E-state index contributed by atoms with van der Waals surface area (Å²) in [6.07, 6.45) is 0. The fraction of sp³-hybridized carbons (Fsp3) is 0.455. The normalized spacial score (nSPS) is 11.9. The second-order valence-corrected chi connectivity index (χ2v) is 6.73. The van der Waals surface area contributed by atoms with Crippen LogP contribution < -0.4 is 11.3 Å². The molecule has 0 saturated carbocycles. The number of nitro benzene ring substituents is 1. The molecule has 0 radical (unpaired) electrons. The van der Waals surface area contributed by atoms with E-state index in [1.54, 1.807) is 0 Å². The fourth-order valence-corrected chi connectivity index (χ4v) is 2.92. The molecule has 0 spiro atoms. The number of nitrogens with two attached hydrogens (primary N) is 1. The third kappa shape index (κ3) is 4.11. The molecule has 0 unspecified atom stereocenters. The van der Waals surface area contributed by atoms with Crippen LogP contribution in [0.25, 0.3) is 0 Å². The summed E-state index contributed by atoms with van der Waals surface area (Å²) in [4.78, 5) is 11.8. The Bertz CT molecular complexity index is 617. The first kappa shape index (κ1) is 17.3. The minimum Gasteiger partial charge on any atom is -0.323 e. The van der Waals surface area contributed by atoms with Crippen molar-refractivity contribution >= 4 is 21.4 Å². The summed E-state index contributed by atoms with van der Waals surface area (Å²) in [7, 11) is 1.18. The highest BCUT2D eigenvalue weighted by Crippen LogP contribution is 2.27. The molecule has 0 heterocycles. The molecule has 1 aromatic carbocycles. The van der Waals surface area contributed by atoms with Gasteiger partial charge in [-0.05, 0) is 20.2 Å². The van der Waals surface area contributed by atoms with Gasteiger partial charge in [0, 0.05) is 32.3 Å². The van der Waals surface area contributed by atoms with Crippen molar-refractivity contribution in [1.82, 2.24) is 9.21 Å². The number of sulfonamides is 1. The molecule has 0 fully saturated rings. The summed E-state index contributed by atoms with van der Waals surface area (Å²) in [5, 5.41) is 10.8. The van der Waals surface area contributed by atoms with Crippen molar-refractivity contribution in [2.24, 2.45) is 5.84 Å². The Morgan fingerprint density at radius 1 is 1.29 bits per heavy atom. The molecule has 118 valence electrons. The zero-order valence-corrected chi connectivity index (χ0v) is 12.9. The van der Waals surface area contributed by atoms with Crippen LogP contribution in [0.4, 0.5) is 11.4 Å². The van der Waals surface area contributed by atoms with Crippen LogP contribution in [0.3, 0.4) is 0 Å². The standard InChI is InChI=1S/C11H19N5O4S/c1-14(2)6-7-15(3)21(19,20)11-8-9(16(17)18)4-5-10(11)13-12/h4-5,8,13H,6-7,12H2,1-3H3. The fourth-order valence-electron chi connectivity index (χ4n) is 1.59. The van der Waals surface area contributed by atoms with Gasteiger partial charge in [-0.1, -0.05) is 0 Å². The van der Waals surface area contributed by atoms with Gasteiger partial charge in [-0.2, -0.15) is 4.31 Å². The lowest BCUT2D eigenvalue weighted by Gasteiger charge is -2.20. The zero-order valence-electron chi connectivity index (χ0n) is 12.1. The Kier molecular flexibility index (Phi) is 5.61. The zero-order chi connectivity index (χ0) is 16.2. The van der Waals surface area contributed by atoms with Gasteiger partial charge >= 0.3 is 0 Å². The lowest BCUT2D eigenvalue weighted by atomic mass is 10.3. The van der Waals surface area contributed by atoms with Gasteiger partial charge in [0.05, 0.1) is 10.6 Å². The number of nitrogens with one attached hydrogen (secondary N) is 1. The molecule has 0 atom stereocenters. The van der Waals surface area contributed by atoms with Crippen LogP contribution in [-0.4, -0.2) is 56.8 Å². The second-order valence-electron chi connectivity index (χ2n) is 4.71. The molecule has 0 bridgehead atoms. The molecule has 0 amide bonds. The molecule has 3 N–H and O–H groups in total. The first-order chi connectivity index (χ1) is 9.70. The van der Waals surface area contributed by atoms with Crippen molar-refractivity contribution in [3.63, 3.8) is 0 Å². The maximum atomic E-state index is 12.5. The highest BCUT2D eigenvalue weighted by atomic mass is 32.2. The van der Waals surface area contributed by atoms with Gasteiger partial charge in [0.15, 0.2) is 0 Å². The third-order valence-electron chi connectivity index (χ3n) is 2.88. The molecule has 0 aliphatic rings. The topological polar surface area (TPSA) is 122 Å². The minimum absolute atomic E-state index is 0.109. The number of likely N-dealkylation sites (N-methyl/N-ethyl adjacent to an activating group) is 2. The Morgan fingerprint density at radius 2 is 1.90 bits per heavy atom. The maximum absolute atomic E-state index is 12.5. The molecule has 1 rings (SSSR count). The monoisotopic (exact) mass is 317 g/mol. The largest absolute Gasteiger partial charge is 0.323 e. The van der Waals surface area contributed by atoms with E-state index in [0.717, 1.165) is 10.4 Å². The van der Waals surface area contributed by atoms with E-state index in [2.05, 4.69) is 5.43 Å². The molecule has 0 aromatic heterocycles. The van der Waals surface area contributed by atoms with E-state index >= 15 is 0 Å². The Labute approximate surface area is 123 Å². The molecular weight excluding hydrogens is 298 g/mol. The van der Waals surface area contributed by atoms with Gasteiger partial charge in [-0.15, -0.1) is 0 Å².